The molecule has 0 amide bonds. The van der Waals surface area contributed by atoms with Crippen LogP contribution in [0.5, 0.6) is 0 Å². The first-order valence-electron chi connectivity index (χ1n) is 3.86. The second-order valence-electron chi connectivity index (χ2n) is 3.53. The molecule has 0 saturated carbocycles. The Morgan fingerprint density at radius 3 is 2.75 bits per heavy atom. The minimum Gasteiger partial charge on any atom is -0.247 e. The van der Waals surface area contributed by atoms with Gasteiger partial charge in [0.05, 0.1) is 22.2 Å². The van der Waals surface area contributed by atoms with Gasteiger partial charge in [0.2, 0.25) is 0 Å². The Balaban J connectivity index is 2.72. The lowest BCUT2D eigenvalue weighted by Crippen LogP contribution is -2.11. The molecule has 1 aromatic rings. The van der Waals surface area contributed by atoms with Crippen LogP contribution in [0.3, 0.4) is 0 Å². The summed E-state index contributed by atoms with van der Waals surface area (Å²) in [6.07, 6.45) is 0.744. The molecule has 0 fully saturated rings. The van der Waals surface area contributed by atoms with Gasteiger partial charge in [0, 0.05) is 11.8 Å². The summed E-state index contributed by atoms with van der Waals surface area (Å²) in [5.74, 6) is 0. The number of nitrogens with zero attached hydrogens (tertiary/aromatic N) is 2. The van der Waals surface area contributed by atoms with Crippen LogP contribution < -0.4 is 0 Å². The lowest BCUT2D eigenvalue weighted by atomic mass is 9.90. The van der Waals surface area contributed by atoms with Gasteiger partial charge in [-0.05, 0) is 20.8 Å². The molecule has 64 valence electrons. The van der Waals surface area contributed by atoms with Crippen molar-refractivity contribution in [1.82, 2.24) is 4.98 Å². The van der Waals surface area contributed by atoms with E-state index in [0.29, 0.717) is 0 Å². The van der Waals surface area contributed by atoms with Crippen LogP contribution in [-0.4, -0.2) is 4.98 Å². The van der Waals surface area contributed by atoms with Crippen LogP contribution in [0.2, 0.25) is 0 Å². The number of aryl methyl sites for hydroxylation is 1. The van der Waals surface area contributed by atoms with Crippen molar-refractivity contribution in [3.8, 4) is 6.07 Å². The van der Waals surface area contributed by atoms with Crippen molar-refractivity contribution >= 4 is 11.3 Å². The van der Waals surface area contributed by atoms with E-state index in [-0.39, 0.29) is 5.41 Å². The molecule has 0 aliphatic rings. The first-order valence-corrected chi connectivity index (χ1v) is 4.74. The zero-order valence-corrected chi connectivity index (χ0v) is 8.40. The van der Waals surface area contributed by atoms with Crippen molar-refractivity contribution in [2.75, 3.05) is 0 Å². The van der Waals surface area contributed by atoms with E-state index in [1.807, 2.05) is 26.2 Å². The molecule has 0 N–H and O–H groups in total. The van der Waals surface area contributed by atoms with Crippen molar-refractivity contribution in [3.63, 3.8) is 0 Å². The zero-order chi connectivity index (χ0) is 9.19. The minimum atomic E-state index is -0.291. The van der Waals surface area contributed by atoms with E-state index < -0.39 is 0 Å². The Hall–Kier alpha value is -0.880. The maximum Gasteiger partial charge on any atom is 0.0897 e. The molecule has 0 unspecified atom stereocenters. The highest BCUT2D eigenvalue weighted by molar-refractivity contribution is 7.09. The van der Waals surface area contributed by atoms with Crippen molar-refractivity contribution in [1.29, 1.82) is 5.26 Å². The topological polar surface area (TPSA) is 36.7 Å². The molecule has 0 saturated heterocycles. The molecular formula is C9H12N2S. The van der Waals surface area contributed by atoms with Crippen molar-refractivity contribution < 1.29 is 0 Å². The lowest BCUT2D eigenvalue weighted by Gasteiger charge is -2.11. The molecule has 0 aliphatic heterocycles. The molecular weight excluding hydrogens is 168 g/mol. The summed E-state index contributed by atoms with van der Waals surface area (Å²) in [7, 11) is 0. The van der Waals surface area contributed by atoms with E-state index >= 15 is 0 Å². The van der Waals surface area contributed by atoms with Crippen LogP contribution in [0.15, 0.2) is 5.38 Å². The number of nitriles is 1. The monoisotopic (exact) mass is 180 g/mol. The molecule has 12 heavy (non-hydrogen) atoms. The Morgan fingerprint density at radius 2 is 2.33 bits per heavy atom. The number of hydrogen-bond acceptors (Lipinski definition) is 3. The summed E-state index contributed by atoms with van der Waals surface area (Å²) < 4.78 is 0. The highest BCUT2D eigenvalue weighted by atomic mass is 32.1. The van der Waals surface area contributed by atoms with Gasteiger partial charge in [-0.15, -0.1) is 11.3 Å². The number of rotatable bonds is 2. The van der Waals surface area contributed by atoms with Gasteiger partial charge in [0.15, 0.2) is 0 Å². The Kier molecular flexibility index (Phi) is 2.49. The molecule has 0 bridgehead atoms. The standard InChI is InChI=1S/C9H12N2S/c1-7-11-8(5-12-7)4-9(2,3)6-10/h5H,4H2,1-3H3. The predicted molar refractivity (Wildman–Crippen MR) is 49.9 cm³/mol. The predicted octanol–water partition coefficient (Wildman–Crippen LogP) is 2.54. The summed E-state index contributed by atoms with van der Waals surface area (Å²) in [5.41, 5.74) is 0.740. The summed E-state index contributed by atoms with van der Waals surface area (Å²) in [5, 5.41) is 11.9. The van der Waals surface area contributed by atoms with Gasteiger partial charge >= 0.3 is 0 Å². The van der Waals surface area contributed by atoms with E-state index in [1.165, 1.54) is 0 Å². The number of hydrogen-bond donors (Lipinski definition) is 0. The molecule has 0 aromatic carbocycles. The Labute approximate surface area is 76.9 Å². The van der Waals surface area contributed by atoms with E-state index in [0.717, 1.165) is 17.1 Å². The average Bonchev–Trinajstić information content (AvgIpc) is 2.35. The first kappa shape index (κ1) is 9.21. The van der Waals surface area contributed by atoms with E-state index in [2.05, 4.69) is 11.1 Å². The molecule has 0 spiro atoms. The third kappa shape index (κ3) is 2.31. The van der Waals surface area contributed by atoms with Crippen LogP contribution in [0.1, 0.15) is 24.5 Å². The van der Waals surface area contributed by atoms with Crippen LogP contribution in [0.25, 0.3) is 0 Å². The number of aromatic nitrogens is 1. The van der Waals surface area contributed by atoms with E-state index in [4.69, 9.17) is 5.26 Å². The first-order chi connectivity index (χ1) is 5.53. The summed E-state index contributed by atoms with van der Waals surface area (Å²) in [6.45, 7) is 5.84. The fourth-order valence-electron chi connectivity index (χ4n) is 0.982. The molecule has 3 heteroatoms. The summed E-state index contributed by atoms with van der Waals surface area (Å²) in [6, 6.07) is 2.26. The van der Waals surface area contributed by atoms with E-state index in [1.54, 1.807) is 11.3 Å². The van der Waals surface area contributed by atoms with Crippen molar-refractivity contribution in [2.45, 2.75) is 27.2 Å². The number of thiazole rings is 1. The van der Waals surface area contributed by atoms with Crippen LogP contribution in [-0.2, 0) is 6.42 Å². The Bertz CT molecular complexity index is 307. The highest BCUT2D eigenvalue weighted by Gasteiger charge is 2.18. The van der Waals surface area contributed by atoms with Gasteiger partial charge in [-0.25, -0.2) is 4.98 Å². The fourth-order valence-corrected chi connectivity index (χ4v) is 1.59. The van der Waals surface area contributed by atoms with Crippen LogP contribution >= 0.6 is 11.3 Å². The summed E-state index contributed by atoms with van der Waals surface area (Å²) in [4.78, 5) is 4.31. The Morgan fingerprint density at radius 1 is 1.67 bits per heavy atom. The second-order valence-corrected chi connectivity index (χ2v) is 4.59. The van der Waals surface area contributed by atoms with Crippen LogP contribution in [0, 0.1) is 23.7 Å². The minimum absolute atomic E-state index is 0.291. The smallest absolute Gasteiger partial charge is 0.0897 e. The van der Waals surface area contributed by atoms with Gasteiger partial charge in [-0.3, -0.25) is 0 Å². The molecule has 1 aromatic heterocycles. The molecule has 0 atom stereocenters. The zero-order valence-electron chi connectivity index (χ0n) is 7.59. The third-order valence-corrected chi connectivity index (χ3v) is 2.41. The maximum atomic E-state index is 8.79. The van der Waals surface area contributed by atoms with Crippen LogP contribution in [0.4, 0.5) is 0 Å². The molecule has 2 nitrogen and oxygen atoms in total. The maximum absolute atomic E-state index is 8.79. The van der Waals surface area contributed by atoms with Gasteiger partial charge in [0.25, 0.3) is 0 Å². The fraction of sp³-hybridized carbons (Fsp3) is 0.556. The normalized spacial score (nSPS) is 11.2. The van der Waals surface area contributed by atoms with Gasteiger partial charge in [-0.2, -0.15) is 5.26 Å². The lowest BCUT2D eigenvalue weighted by molar-refractivity contribution is 0.488. The highest BCUT2D eigenvalue weighted by Crippen LogP contribution is 2.21. The van der Waals surface area contributed by atoms with Gasteiger partial charge in [-0.1, -0.05) is 0 Å². The SMILES string of the molecule is Cc1nc(CC(C)(C)C#N)cs1. The second kappa shape index (κ2) is 3.24. The van der Waals surface area contributed by atoms with E-state index in [9.17, 15) is 0 Å². The summed E-state index contributed by atoms with van der Waals surface area (Å²) >= 11 is 1.64. The third-order valence-electron chi connectivity index (χ3n) is 1.59. The van der Waals surface area contributed by atoms with Gasteiger partial charge < -0.3 is 0 Å². The largest absolute Gasteiger partial charge is 0.247 e. The molecule has 1 rings (SSSR count). The average molecular weight is 180 g/mol. The molecule has 0 aliphatic carbocycles. The molecule has 0 radical (unpaired) electrons. The molecule has 1 heterocycles. The van der Waals surface area contributed by atoms with Gasteiger partial charge in [0.1, 0.15) is 0 Å². The quantitative estimate of drug-likeness (QED) is 0.701. The van der Waals surface area contributed by atoms with Crippen molar-refractivity contribution in [2.24, 2.45) is 5.41 Å². The van der Waals surface area contributed by atoms with Crippen molar-refractivity contribution in [3.05, 3.63) is 16.1 Å².